The van der Waals surface area contributed by atoms with E-state index in [4.69, 9.17) is 16.2 Å². The third-order valence-corrected chi connectivity index (χ3v) is 6.67. The number of hydrogen-bond donors (Lipinski definition) is 8. The van der Waals surface area contributed by atoms with Crippen molar-refractivity contribution in [1.29, 1.82) is 16.2 Å². The first-order chi connectivity index (χ1) is 19.9. The van der Waals surface area contributed by atoms with Crippen LogP contribution in [0.4, 0.5) is 0 Å². The maximum absolute atomic E-state index is 12.5. The normalized spacial score (nSPS) is 16.4. The van der Waals surface area contributed by atoms with Crippen molar-refractivity contribution in [2.45, 2.75) is 6.42 Å². The van der Waals surface area contributed by atoms with Crippen molar-refractivity contribution in [3.63, 3.8) is 0 Å². The van der Waals surface area contributed by atoms with Crippen LogP contribution in [0.1, 0.15) is 49.4 Å². The van der Waals surface area contributed by atoms with Crippen molar-refractivity contribution < 1.29 is 44.7 Å². The molecule has 2 aliphatic carbocycles. The molecule has 8 N–H and O–H groups in total. The molecule has 0 aromatic heterocycles. The van der Waals surface area contributed by atoms with Crippen LogP contribution in [0.15, 0.2) is 70.9 Å². The summed E-state index contributed by atoms with van der Waals surface area (Å²) in [6.45, 7) is 0. The summed E-state index contributed by atoms with van der Waals surface area (Å²) in [6.07, 6.45) is 7.89. The highest BCUT2D eigenvalue weighted by Gasteiger charge is 2.27. The molecule has 12 heteroatoms. The summed E-state index contributed by atoms with van der Waals surface area (Å²) in [4.78, 5) is 47.9. The van der Waals surface area contributed by atoms with Gasteiger partial charge in [0, 0.05) is 35.3 Å². The average molecular weight is 568 g/mol. The Balaban J connectivity index is 2.07. The zero-order valence-corrected chi connectivity index (χ0v) is 21.4. The zero-order chi connectivity index (χ0) is 30.9. The molecular weight excluding hydrogens is 546 g/mol. The van der Waals surface area contributed by atoms with Crippen molar-refractivity contribution >= 4 is 53.5 Å². The van der Waals surface area contributed by atoms with Gasteiger partial charge in [0.05, 0.1) is 0 Å². The summed E-state index contributed by atoms with van der Waals surface area (Å²) in [5, 5.41) is 72.2. The Hall–Kier alpha value is -6.17. The van der Waals surface area contributed by atoms with Gasteiger partial charge in [-0.25, -0.2) is 14.4 Å². The quantitative estimate of drug-likeness (QED) is 0.170. The van der Waals surface area contributed by atoms with E-state index in [1.807, 2.05) is 0 Å². The first-order valence-electron chi connectivity index (χ1n) is 12.0. The fraction of sp³-hybridized carbons (Fsp3) is 0.0333. The summed E-state index contributed by atoms with van der Waals surface area (Å²) in [6, 6.07) is 5.08. The number of allylic oxidation sites excluding steroid dienone is 9. The van der Waals surface area contributed by atoms with Crippen LogP contribution < -0.4 is 0 Å². The standard InChI is InChI=1S/C30H21N3O9/c31-10-19-4-16(7-22(25(19)34)28(37)38)13-1-14(17-5-20(11-32)26(35)23(8-17)29(39)40)3-15(2-13)18-6-21(12-33)27(36)24(9-18)30(41)42/h1-2,4-12,31-35H,3H2,(H,37,38)(H,39,40)(H,41,42)/b18-15-,31-10?,32-11?,33-12?. The van der Waals surface area contributed by atoms with Crippen molar-refractivity contribution in [2.24, 2.45) is 0 Å². The number of nitrogens with one attached hydrogen (secondary N) is 3. The van der Waals surface area contributed by atoms with Crippen LogP contribution in [0.3, 0.4) is 0 Å². The zero-order valence-electron chi connectivity index (χ0n) is 21.4. The Morgan fingerprint density at radius 2 is 1.24 bits per heavy atom. The number of aromatic hydroxyl groups is 2. The van der Waals surface area contributed by atoms with Gasteiger partial charge in [-0.05, 0) is 76.3 Å². The maximum atomic E-state index is 12.5. The maximum Gasteiger partial charge on any atom is 0.339 e. The fourth-order valence-corrected chi connectivity index (χ4v) is 4.58. The minimum atomic E-state index is -1.51. The summed E-state index contributed by atoms with van der Waals surface area (Å²) >= 11 is 0. The van der Waals surface area contributed by atoms with E-state index in [1.54, 1.807) is 12.2 Å². The Morgan fingerprint density at radius 1 is 0.690 bits per heavy atom. The molecule has 0 bridgehead atoms. The molecule has 0 spiro atoms. The van der Waals surface area contributed by atoms with Gasteiger partial charge in [-0.2, -0.15) is 0 Å². The summed E-state index contributed by atoms with van der Waals surface area (Å²) in [7, 11) is 0. The number of aromatic carboxylic acids is 2. The minimum Gasteiger partial charge on any atom is -0.506 e. The van der Waals surface area contributed by atoms with Gasteiger partial charge in [0.2, 0.25) is 5.78 Å². The van der Waals surface area contributed by atoms with Crippen LogP contribution in [-0.4, -0.2) is 67.9 Å². The number of carbonyl (C=O) groups excluding carboxylic acids is 1. The average Bonchev–Trinajstić information content (AvgIpc) is 2.96. The van der Waals surface area contributed by atoms with E-state index in [1.165, 1.54) is 30.3 Å². The number of rotatable bonds is 8. The van der Waals surface area contributed by atoms with Crippen molar-refractivity contribution in [2.75, 3.05) is 0 Å². The molecule has 2 aliphatic rings. The van der Waals surface area contributed by atoms with Gasteiger partial charge in [-0.15, -0.1) is 0 Å². The molecule has 0 unspecified atom stereocenters. The largest absolute Gasteiger partial charge is 0.506 e. The molecule has 210 valence electrons. The number of phenols is 2. The molecule has 0 amide bonds. The van der Waals surface area contributed by atoms with Gasteiger partial charge >= 0.3 is 17.9 Å². The number of carbonyl (C=O) groups is 4. The van der Waals surface area contributed by atoms with Crippen LogP contribution in [-0.2, 0) is 9.59 Å². The molecular formula is C30H21N3O9. The number of carboxylic acid groups (broad SMARTS) is 3. The Labute approximate surface area is 236 Å². The van der Waals surface area contributed by atoms with Gasteiger partial charge in [0.25, 0.3) is 0 Å². The molecule has 0 heterocycles. The summed E-state index contributed by atoms with van der Waals surface area (Å²) in [5.74, 6) is -6.54. The number of ketones is 1. The topological polar surface area (TPSA) is 241 Å². The van der Waals surface area contributed by atoms with Crippen LogP contribution in [0.5, 0.6) is 11.5 Å². The van der Waals surface area contributed by atoms with E-state index in [0.717, 1.165) is 18.5 Å². The third kappa shape index (κ3) is 5.19. The molecule has 0 saturated heterocycles. The second kappa shape index (κ2) is 11.1. The van der Waals surface area contributed by atoms with Crippen LogP contribution in [0.25, 0.3) is 11.1 Å². The van der Waals surface area contributed by atoms with Crippen molar-refractivity contribution in [1.82, 2.24) is 0 Å². The van der Waals surface area contributed by atoms with Gasteiger partial charge in [-0.3, -0.25) is 4.79 Å². The highest BCUT2D eigenvalue weighted by atomic mass is 16.4. The molecule has 12 nitrogen and oxygen atoms in total. The Bertz CT molecular complexity index is 1820. The molecule has 42 heavy (non-hydrogen) atoms. The minimum absolute atomic E-state index is 0.0285. The van der Waals surface area contributed by atoms with Gasteiger partial charge in [-0.1, -0.05) is 12.2 Å². The molecule has 2 aromatic rings. The highest BCUT2D eigenvalue weighted by Crippen LogP contribution is 2.40. The molecule has 2 aromatic carbocycles. The van der Waals surface area contributed by atoms with Crippen LogP contribution >= 0.6 is 0 Å². The van der Waals surface area contributed by atoms with Crippen LogP contribution in [0, 0.1) is 16.2 Å². The van der Waals surface area contributed by atoms with Crippen LogP contribution in [0.2, 0.25) is 0 Å². The van der Waals surface area contributed by atoms with E-state index >= 15 is 0 Å². The number of benzene rings is 2. The summed E-state index contributed by atoms with van der Waals surface area (Å²) < 4.78 is 0. The Kier molecular flexibility index (Phi) is 7.64. The van der Waals surface area contributed by atoms with E-state index in [-0.39, 0.29) is 39.8 Å². The Morgan fingerprint density at radius 3 is 1.74 bits per heavy atom. The lowest BCUT2D eigenvalue weighted by molar-refractivity contribution is -0.134. The lowest BCUT2D eigenvalue weighted by atomic mass is 9.82. The predicted molar refractivity (Wildman–Crippen MR) is 151 cm³/mol. The molecule has 0 fully saturated rings. The number of Topliss-reactive ketones (excluding diaryl/α,β-unsaturated/α-hetero) is 1. The van der Waals surface area contributed by atoms with E-state index in [2.05, 4.69) is 0 Å². The second-order valence-electron chi connectivity index (χ2n) is 9.19. The molecule has 0 atom stereocenters. The highest BCUT2D eigenvalue weighted by molar-refractivity contribution is 6.31. The smallest absolute Gasteiger partial charge is 0.339 e. The molecule has 0 saturated carbocycles. The van der Waals surface area contributed by atoms with E-state index < -0.39 is 51.9 Å². The SMILES string of the molecule is N=CC1=C/C(=C2\C=C(c3cc(C=N)c(O)c(C(=O)O)c3)C=C(c3cc(C=N)c(O)c(C(=O)O)c3)C2)C=C(C(=O)O)C1=O. The van der Waals surface area contributed by atoms with Gasteiger partial charge in [0.15, 0.2) is 0 Å². The third-order valence-electron chi connectivity index (χ3n) is 6.67. The van der Waals surface area contributed by atoms with E-state index in [0.29, 0.717) is 22.9 Å². The van der Waals surface area contributed by atoms with Crippen molar-refractivity contribution in [3.05, 3.63) is 104 Å². The molecule has 0 aliphatic heterocycles. The lowest BCUT2D eigenvalue weighted by Gasteiger charge is -2.22. The van der Waals surface area contributed by atoms with Gasteiger partial charge in [0.1, 0.15) is 28.2 Å². The first-order valence-corrected chi connectivity index (χ1v) is 12.0. The first kappa shape index (κ1) is 28.8. The monoisotopic (exact) mass is 567 g/mol. The predicted octanol–water partition coefficient (Wildman–Crippen LogP) is 3.83. The summed E-state index contributed by atoms with van der Waals surface area (Å²) in [5.41, 5.74) is -0.0968. The second-order valence-corrected chi connectivity index (χ2v) is 9.19. The lowest BCUT2D eigenvalue weighted by Crippen LogP contribution is -2.18. The number of carboxylic acids is 3. The van der Waals surface area contributed by atoms with E-state index in [9.17, 15) is 44.7 Å². The molecule has 4 rings (SSSR count). The van der Waals surface area contributed by atoms with Gasteiger partial charge < -0.3 is 41.8 Å². The fourth-order valence-electron chi connectivity index (χ4n) is 4.58. The number of aliphatic carboxylic acids is 1. The number of hydrogen-bond acceptors (Lipinski definition) is 9. The molecule has 0 radical (unpaired) electrons. The van der Waals surface area contributed by atoms with Crippen molar-refractivity contribution in [3.8, 4) is 11.5 Å².